The van der Waals surface area contributed by atoms with Crippen LogP contribution in [0.3, 0.4) is 0 Å². The number of hydrogen-bond donors (Lipinski definition) is 0. The van der Waals surface area contributed by atoms with Gasteiger partial charge in [-0.3, -0.25) is 0 Å². The normalized spacial score (nSPS) is 18.9. The number of fused-ring (bicyclic) bond motifs is 3. The van der Waals surface area contributed by atoms with Gasteiger partial charge in [0.2, 0.25) is 0 Å². The molecule has 1 aromatic heterocycles. The maximum Gasteiger partial charge on any atom is 0.0639 e. The summed E-state index contributed by atoms with van der Waals surface area (Å²) in [6.07, 6.45) is 0. The molecule has 1 heterocycles. The molecule has 20 heavy (non-hydrogen) atoms. The van der Waals surface area contributed by atoms with Crippen LogP contribution in [0.15, 0.2) is 66.5 Å². The summed E-state index contributed by atoms with van der Waals surface area (Å²) in [5.41, 5.74) is -0.695. The van der Waals surface area contributed by atoms with E-state index in [2.05, 4.69) is 0 Å². The highest BCUT2D eigenvalue weighted by molar-refractivity contribution is 7.26. The van der Waals surface area contributed by atoms with E-state index in [9.17, 15) is 0 Å². The van der Waals surface area contributed by atoms with Gasteiger partial charge in [0.25, 0.3) is 0 Å². The van der Waals surface area contributed by atoms with E-state index in [-0.39, 0.29) is 54.4 Å². The van der Waals surface area contributed by atoms with Crippen molar-refractivity contribution in [3.05, 3.63) is 71.5 Å². The minimum atomic E-state index is -0.629. The lowest BCUT2D eigenvalue weighted by Gasteiger charge is -2.02. The maximum absolute atomic E-state index is 8.73. The molecule has 0 fully saturated rings. The SMILES string of the molecule is [2H]c1c([2H])c([2H])c(-c2c([2H])c([2H])c3sc4c([2H])c([2H])c([2H])c(Cl)c4c3c2[2H])c([2H])c1[2H]. The molecule has 4 aromatic rings. The van der Waals surface area contributed by atoms with E-state index in [1.165, 1.54) is 0 Å². The van der Waals surface area contributed by atoms with E-state index in [1.54, 1.807) is 0 Å². The van der Waals surface area contributed by atoms with Gasteiger partial charge in [-0.1, -0.05) is 53.9 Å². The summed E-state index contributed by atoms with van der Waals surface area (Å²) in [5.74, 6) is 0. The Kier molecular flexibility index (Phi) is 1.20. The van der Waals surface area contributed by atoms with Crippen molar-refractivity contribution in [2.24, 2.45) is 0 Å². The van der Waals surface area contributed by atoms with Gasteiger partial charge in [-0.25, -0.2) is 0 Å². The Hall–Kier alpha value is -1.83. The highest BCUT2D eigenvalue weighted by Crippen LogP contribution is 2.39. The van der Waals surface area contributed by atoms with E-state index in [1.807, 2.05) is 0 Å². The Labute approximate surface area is 141 Å². The molecule has 0 saturated carbocycles. The second kappa shape index (κ2) is 4.62. The fourth-order valence-corrected chi connectivity index (χ4v) is 3.18. The number of halogens is 1. The van der Waals surface area contributed by atoms with Crippen LogP contribution < -0.4 is 0 Å². The Bertz CT molecular complexity index is 1430. The average molecular weight is 306 g/mol. The average Bonchev–Trinajstić information content (AvgIpc) is 3.15. The van der Waals surface area contributed by atoms with Crippen LogP contribution in [0.5, 0.6) is 0 Å². The topological polar surface area (TPSA) is 0 Å². The van der Waals surface area contributed by atoms with E-state index in [0.717, 1.165) is 11.3 Å². The van der Waals surface area contributed by atoms with Crippen molar-refractivity contribution in [2.75, 3.05) is 0 Å². The molecule has 0 N–H and O–H groups in total. The third-order valence-corrected chi connectivity index (χ3v) is 4.08. The van der Waals surface area contributed by atoms with Crippen LogP contribution >= 0.6 is 22.9 Å². The summed E-state index contributed by atoms with van der Waals surface area (Å²) in [5, 5.41) is -0.0190. The van der Waals surface area contributed by atoms with Crippen molar-refractivity contribution in [3.63, 3.8) is 0 Å². The van der Waals surface area contributed by atoms with Gasteiger partial charge in [0.1, 0.15) is 0 Å². The molecule has 0 aliphatic carbocycles. The molecule has 0 unspecified atom stereocenters. The standard InChI is InChI=1S/C18H11ClS/c19-15-7-4-8-17-18(15)14-11-13(9-10-16(14)20-17)12-5-2-1-3-6-12/h1-11H/i1D,2D,3D,4D,5D,6D,7D,8D,9D,10D,11D. The molecule has 0 aliphatic heterocycles. The number of benzene rings is 3. The first kappa shape index (κ1) is 5.18. The van der Waals surface area contributed by atoms with Crippen LogP contribution in [0.2, 0.25) is 5.02 Å². The lowest BCUT2D eigenvalue weighted by molar-refractivity contribution is 1.66. The van der Waals surface area contributed by atoms with Gasteiger partial charge >= 0.3 is 0 Å². The molecule has 96 valence electrons. The van der Waals surface area contributed by atoms with Crippen molar-refractivity contribution in [1.29, 1.82) is 0 Å². The molecule has 0 nitrogen and oxygen atoms in total. The minimum Gasteiger partial charge on any atom is -0.135 e. The van der Waals surface area contributed by atoms with Gasteiger partial charge in [0.15, 0.2) is 0 Å². The summed E-state index contributed by atoms with van der Waals surface area (Å²) in [4.78, 5) is 0. The predicted molar refractivity (Wildman–Crippen MR) is 89.8 cm³/mol. The van der Waals surface area contributed by atoms with Crippen LogP contribution in [0.1, 0.15) is 15.1 Å². The lowest BCUT2D eigenvalue weighted by atomic mass is 10.0. The summed E-state index contributed by atoms with van der Waals surface area (Å²) in [6, 6.07) is -5.44. The zero-order valence-corrected chi connectivity index (χ0v) is 11.4. The first-order chi connectivity index (χ1) is 14.4. The molecule has 0 amide bonds. The van der Waals surface area contributed by atoms with Crippen molar-refractivity contribution in [3.8, 4) is 11.1 Å². The van der Waals surface area contributed by atoms with Gasteiger partial charge in [-0.15, -0.1) is 11.3 Å². The highest BCUT2D eigenvalue weighted by atomic mass is 35.5. The molecule has 0 spiro atoms. The van der Waals surface area contributed by atoms with E-state index in [0.29, 0.717) is 0 Å². The molecule has 0 atom stereocenters. The smallest absolute Gasteiger partial charge is 0.0639 e. The number of hydrogen-bond acceptors (Lipinski definition) is 1. The van der Waals surface area contributed by atoms with Crippen LogP contribution in [-0.4, -0.2) is 0 Å². The fourth-order valence-electron chi connectivity index (χ4n) is 1.92. The molecule has 4 rings (SSSR count). The van der Waals surface area contributed by atoms with E-state index < -0.39 is 48.3 Å². The van der Waals surface area contributed by atoms with Gasteiger partial charge in [0, 0.05) is 25.2 Å². The number of thiophene rings is 1. The molecule has 3 aromatic carbocycles. The second-order valence-corrected chi connectivity index (χ2v) is 5.35. The Morgan fingerprint density at radius 1 is 0.800 bits per heavy atom. The van der Waals surface area contributed by atoms with Crippen LogP contribution in [0.25, 0.3) is 31.3 Å². The zero-order chi connectivity index (χ0) is 23.1. The fraction of sp³-hybridized carbons (Fsp3) is 0. The molecular weight excluding hydrogens is 284 g/mol. The molecule has 2 heteroatoms. The minimum absolute atomic E-state index is 0.0508. The van der Waals surface area contributed by atoms with E-state index >= 15 is 0 Å². The van der Waals surface area contributed by atoms with Gasteiger partial charge in [0.05, 0.1) is 15.1 Å². The lowest BCUT2D eigenvalue weighted by Crippen LogP contribution is -1.76. The Morgan fingerprint density at radius 3 is 2.50 bits per heavy atom. The van der Waals surface area contributed by atoms with Crippen LogP contribution in [0.4, 0.5) is 0 Å². The third-order valence-electron chi connectivity index (χ3n) is 2.78. The summed E-state index contributed by atoms with van der Waals surface area (Å²) < 4.78 is 89.9. The first-order valence-electron chi connectivity index (χ1n) is 11.1. The highest BCUT2D eigenvalue weighted by Gasteiger charge is 2.09. The van der Waals surface area contributed by atoms with Gasteiger partial charge in [-0.05, 0) is 35.3 Å². The van der Waals surface area contributed by atoms with Crippen molar-refractivity contribution >= 4 is 43.1 Å². The summed E-state index contributed by atoms with van der Waals surface area (Å²) in [7, 11) is 0. The third kappa shape index (κ3) is 1.82. The molecule has 0 radical (unpaired) electrons. The van der Waals surface area contributed by atoms with Gasteiger partial charge < -0.3 is 0 Å². The monoisotopic (exact) mass is 305 g/mol. The Balaban J connectivity index is 2.30. The maximum atomic E-state index is 8.73. The van der Waals surface area contributed by atoms with Crippen LogP contribution in [0, 0.1) is 0 Å². The molecule has 0 aliphatic rings. The van der Waals surface area contributed by atoms with Crippen molar-refractivity contribution in [2.45, 2.75) is 0 Å². The molecular formula is C18H11ClS. The quantitative estimate of drug-likeness (QED) is 0.383. The van der Waals surface area contributed by atoms with Crippen molar-refractivity contribution in [1.82, 2.24) is 0 Å². The largest absolute Gasteiger partial charge is 0.135 e. The molecule has 0 bridgehead atoms. The summed E-state index contributed by atoms with van der Waals surface area (Å²) in [6.45, 7) is 0. The summed E-state index contributed by atoms with van der Waals surface area (Å²) >= 11 is 7.19. The molecule has 0 saturated heterocycles. The first-order valence-corrected chi connectivity index (χ1v) is 6.79. The number of rotatable bonds is 1. The predicted octanol–water partition coefficient (Wildman–Crippen LogP) is 6.37. The van der Waals surface area contributed by atoms with Crippen molar-refractivity contribution < 1.29 is 15.1 Å². The van der Waals surface area contributed by atoms with Gasteiger partial charge in [-0.2, -0.15) is 0 Å². The van der Waals surface area contributed by atoms with E-state index in [4.69, 9.17) is 26.7 Å². The zero-order valence-electron chi connectivity index (χ0n) is 20.8. The second-order valence-electron chi connectivity index (χ2n) is 3.95. The van der Waals surface area contributed by atoms with Crippen LogP contribution in [-0.2, 0) is 0 Å². The Morgan fingerprint density at radius 2 is 1.65 bits per heavy atom.